The maximum Gasteiger partial charge on any atom is 0.422 e. The molecule has 4 aliphatic rings. The summed E-state index contributed by atoms with van der Waals surface area (Å²) in [5, 5.41) is 27.7. The molecule has 9 unspecified atom stereocenters. The maximum atomic E-state index is 15.1. The van der Waals surface area contributed by atoms with E-state index in [0.717, 1.165) is 44.6 Å². The Morgan fingerprint density at radius 2 is 1.66 bits per heavy atom. The number of alkyl halides is 3. The molecule has 19 heteroatoms. The number of rotatable bonds is 22. The van der Waals surface area contributed by atoms with Crippen molar-refractivity contribution in [1.82, 2.24) is 15.7 Å². The van der Waals surface area contributed by atoms with Crippen LogP contribution in [0.2, 0.25) is 0 Å². The molecule has 358 valence electrons. The fraction of sp³-hybridized carbons (Fsp3) is 0.711. The van der Waals surface area contributed by atoms with Gasteiger partial charge in [-0.2, -0.15) is 18.2 Å². The van der Waals surface area contributed by atoms with E-state index in [1.165, 1.54) is 18.1 Å². The Hall–Kier alpha value is -4.14. The summed E-state index contributed by atoms with van der Waals surface area (Å²) in [5.74, 6) is -5.36. The fourth-order valence-electron chi connectivity index (χ4n) is 8.93. The normalized spacial score (nSPS) is 26.4. The summed E-state index contributed by atoms with van der Waals surface area (Å²) in [6.07, 6.45) is -1.97. The summed E-state index contributed by atoms with van der Waals surface area (Å²) in [6.45, 7) is 8.04. The summed E-state index contributed by atoms with van der Waals surface area (Å²) in [6, 6.07) is 2.54. The number of hydrogen-bond acceptors (Lipinski definition) is 14. The molecule has 4 fully saturated rings. The minimum Gasteiger partial charge on any atom is -0.460 e. The molecule has 4 N–H and O–H groups in total. The standard InChI is InChI=1S/C45H64F3N3O13/c1-7-9-13-21-43(22-14-10-8-2)62-35-31-23-44(41(58)50-34(27(3)53)39(56)49-30(25-52)18-20-33(55)61-42(4,5)6)37(40(57)60-31)51(64-38(44)36(35)63-43)24-29-16-12-11-15-28(29)17-19-32(54)59-26-45(46,47)48/h11-12,15-17,19,27,30-31,34-38,52-53H,7-10,13-14,18,20-26H2,1-6H3,(H,49,56)(H,50,58). The molecule has 1 aromatic carbocycles. The lowest BCUT2D eigenvalue weighted by Crippen LogP contribution is -2.71. The Bertz CT molecular complexity index is 1830. The molecule has 1 aromatic rings. The van der Waals surface area contributed by atoms with E-state index in [1.807, 2.05) is 0 Å². The van der Waals surface area contributed by atoms with Crippen LogP contribution in [0.15, 0.2) is 30.3 Å². The summed E-state index contributed by atoms with van der Waals surface area (Å²) in [5.41, 5.74) is -1.73. The topological polar surface area (TPSA) is 208 Å². The van der Waals surface area contributed by atoms with E-state index in [0.29, 0.717) is 24.0 Å². The Kier molecular flexibility index (Phi) is 17.0. The van der Waals surface area contributed by atoms with Crippen LogP contribution in [-0.2, 0) is 59.0 Å². The lowest BCUT2D eigenvalue weighted by atomic mass is 9.62. The van der Waals surface area contributed by atoms with Crippen LogP contribution in [0.3, 0.4) is 0 Å². The van der Waals surface area contributed by atoms with Crippen LogP contribution in [0, 0.1) is 5.41 Å². The number of benzene rings is 1. The number of ether oxygens (including phenoxy) is 5. The fourth-order valence-corrected chi connectivity index (χ4v) is 8.93. The summed E-state index contributed by atoms with van der Waals surface area (Å²) >= 11 is 0. The van der Waals surface area contributed by atoms with Gasteiger partial charge in [0.25, 0.3) is 0 Å². The van der Waals surface area contributed by atoms with Crippen molar-refractivity contribution < 1.29 is 75.9 Å². The van der Waals surface area contributed by atoms with Crippen molar-refractivity contribution in [2.75, 3.05) is 13.2 Å². The molecule has 3 heterocycles. The minimum atomic E-state index is -4.72. The predicted octanol–water partition coefficient (Wildman–Crippen LogP) is 4.71. The zero-order chi connectivity index (χ0) is 47.0. The van der Waals surface area contributed by atoms with Crippen molar-refractivity contribution in [2.45, 2.75) is 185 Å². The number of amides is 2. The second kappa shape index (κ2) is 21.4. The third kappa shape index (κ3) is 12.4. The van der Waals surface area contributed by atoms with Crippen LogP contribution < -0.4 is 10.6 Å². The quantitative estimate of drug-likeness (QED) is 0.0538. The molecule has 5 rings (SSSR count). The van der Waals surface area contributed by atoms with Crippen molar-refractivity contribution >= 4 is 35.8 Å². The number of fused-ring (bicyclic) bond motifs is 4. The smallest absolute Gasteiger partial charge is 0.422 e. The molecule has 0 spiro atoms. The number of hydrogen-bond donors (Lipinski definition) is 4. The number of unbranched alkanes of at least 4 members (excludes halogenated alkanes) is 4. The first-order chi connectivity index (χ1) is 30.2. The summed E-state index contributed by atoms with van der Waals surface area (Å²) < 4.78 is 67.6. The highest BCUT2D eigenvalue weighted by Gasteiger charge is 2.76. The molecule has 64 heavy (non-hydrogen) atoms. The number of carbonyl (C=O) groups excluding carboxylic acids is 5. The minimum absolute atomic E-state index is 0.00783. The van der Waals surface area contributed by atoms with Crippen molar-refractivity contribution in [3.05, 3.63) is 41.5 Å². The third-order valence-corrected chi connectivity index (χ3v) is 11.9. The first-order valence-electron chi connectivity index (χ1n) is 22.3. The number of halogens is 3. The van der Waals surface area contributed by atoms with Gasteiger partial charge in [-0.1, -0.05) is 63.8 Å². The Labute approximate surface area is 371 Å². The number of aliphatic hydroxyl groups is 2. The van der Waals surface area contributed by atoms with E-state index in [2.05, 4.69) is 29.2 Å². The van der Waals surface area contributed by atoms with E-state index in [-0.39, 0.29) is 25.8 Å². The van der Waals surface area contributed by atoms with Gasteiger partial charge in [-0.25, -0.2) is 4.79 Å². The van der Waals surface area contributed by atoms with E-state index in [1.54, 1.807) is 45.0 Å². The molecular weight excluding hydrogens is 847 g/mol. The lowest BCUT2D eigenvalue weighted by molar-refractivity contribution is -0.224. The van der Waals surface area contributed by atoms with E-state index < -0.39 is 115 Å². The van der Waals surface area contributed by atoms with Crippen LogP contribution in [0.1, 0.15) is 123 Å². The van der Waals surface area contributed by atoms with Crippen LogP contribution in [0.25, 0.3) is 6.08 Å². The highest BCUT2D eigenvalue weighted by atomic mass is 19.4. The van der Waals surface area contributed by atoms with Crippen LogP contribution >= 0.6 is 0 Å². The molecule has 0 radical (unpaired) electrons. The van der Waals surface area contributed by atoms with E-state index >= 15 is 4.79 Å². The van der Waals surface area contributed by atoms with Crippen LogP contribution in [0.4, 0.5) is 13.2 Å². The molecule has 2 amide bonds. The first kappa shape index (κ1) is 50.9. The Balaban J connectivity index is 1.48. The molecule has 0 aromatic heterocycles. The highest BCUT2D eigenvalue weighted by Crippen LogP contribution is 2.58. The number of nitrogens with one attached hydrogen (secondary N) is 2. The van der Waals surface area contributed by atoms with Gasteiger partial charge in [-0.3, -0.25) is 24.0 Å². The summed E-state index contributed by atoms with van der Waals surface area (Å²) in [4.78, 5) is 74.6. The maximum absolute atomic E-state index is 15.1. The van der Waals surface area contributed by atoms with Gasteiger partial charge in [-0.05, 0) is 64.2 Å². The number of esters is 3. The molecule has 16 nitrogen and oxygen atoms in total. The number of aliphatic hydroxyl groups excluding tert-OH is 2. The Morgan fingerprint density at radius 1 is 1.00 bits per heavy atom. The molecular formula is C45H64F3N3O13. The van der Waals surface area contributed by atoms with Gasteiger partial charge in [-0.15, -0.1) is 0 Å². The number of carbonyl (C=O) groups is 5. The lowest BCUT2D eigenvalue weighted by Gasteiger charge is -2.49. The Morgan fingerprint density at radius 3 is 2.27 bits per heavy atom. The van der Waals surface area contributed by atoms with Crippen molar-refractivity contribution in [3.8, 4) is 0 Å². The first-order valence-corrected chi connectivity index (χ1v) is 22.3. The van der Waals surface area contributed by atoms with Crippen LogP contribution in [0.5, 0.6) is 0 Å². The monoisotopic (exact) mass is 911 g/mol. The zero-order valence-corrected chi connectivity index (χ0v) is 37.4. The third-order valence-electron chi connectivity index (χ3n) is 11.9. The van der Waals surface area contributed by atoms with Crippen molar-refractivity contribution in [2.24, 2.45) is 5.41 Å². The van der Waals surface area contributed by atoms with E-state index in [9.17, 15) is 42.6 Å². The molecule has 1 saturated carbocycles. The molecule has 3 aliphatic heterocycles. The van der Waals surface area contributed by atoms with E-state index in [4.69, 9.17) is 23.8 Å². The van der Waals surface area contributed by atoms with Gasteiger partial charge in [0.05, 0.1) is 25.3 Å². The average molecular weight is 912 g/mol. The highest BCUT2D eigenvalue weighted by molar-refractivity contribution is 5.96. The molecule has 1 aliphatic carbocycles. The van der Waals surface area contributed by atoms with Crippen LogP contribution in [-0.4, -0.2) is 124 Å². The SMILES string of the molecule is CCCCCC1(CCCCC)OC2C3CC4(C(=O)NC(C(=O)NC(CO)CCC(=O)OC(C)(C)C)C(C)O)C(ON(Cc5ccccc5C=CC(=O)OCC(F)(F)F)C4C(=O)O3)C2O1. The van der Waals surface area contributed by atoms with Crippen molar-refractivity contribution in [3.63, 3.8) is 0 Å². The second-order valence-corrected chi connectivity index (χ2v) is 18.2. The van der Waals surface area contributed by atoms with Gasteiger partial charge in [0, 0.05) is 31.8 Å². The zero-order valence-electron chi connectivity index (χ0n) is 37.4. The predicted molar refractivity (Wildman–Crippen MR) is 222 cm³/mol. The molecule has 2 bridgehead atoms. The summed E-state index contributed by atoms with van der Waals surface area (Å²) in [7, 11) is 0. The molecule has 9 atom stereocenters. The largest absolute Gasteiger partial charge is 0.460 e. The van der Waals surface area contributed by atoms with Gasteiger partial charge in [0.15, 0.2) is 18.4 Å². The number of nitrogens with zero attached hydrogens (tertiary/aromatic N) is 1. The second-order valence-electron chi connectivity index (χ2n) is 18.2. The van der Waals surface area contributed by atoms with Gasteiger partial charge in [0.1, 0.15) is 41.5 Å². The van der Waals surface area contributed by atoms with Gasteiger partial charge in [0.2, 0.25) is 11.8 Å². The number of hydroxylamine groups is 2. The van der Waals surface area contributed by atoms with Crippen molar-refractivity contribution in [1.29, 1.82) is 0 Å². The van der Waals surface area contributed by atoms with Gasteiger partial charge < -0.3 is 44.5 Å². The average Bonchev–Trinajstić information content (AvgIpc) is 3.77. The molecule has 3 saturated heterocycles. The van der Waals surface area contributed by atoms with Gasteiger partial charge >= 0.3 is 24.1 Å².